The third-order valence-corrected chi connectivity index (χ3v) is 4.47. The van der Waals surface area contributed by atoms with Gasteiger partial charge in [-0.2, -0.15) is 0 Å². The van der Waals surface area contributed by atoms with Gasteiger partial charge in [0, 0.05) is 19.1 Å². The minimum Gasteiger partial charge on any atom is -1.00 e. The Morgan fingerprint density at radius 1 is 1.35 bits per heavy atom. The quantitative estimate of drug-likeness (QED) is 0.723. The number of methoxy groups -OCH3 is 1. The van der Waals surface area contributed by atoms with Gasteiger partial charge in [0.1, 0.15) is 0 Å². The van der Waals surface area contributed by atoms with Crippen LogP contribution in [0.25, 0.3) is 0 Å². The maximum atomic E-state index is 6.28. The second-order valence-corrected chi connectivity index (χ2v) is 6.00. The van der Waals surface area contributed by atoms with Crippen LogP contribution < -0.4 is 27.2 Å². The van der Waals surface area contributed by atoms with Gasteiger partial charge in [0.2, 0.25) is 0 Å². The molecule has 1 aromatic carbocycles. The van der Waals surface area contributed by atoms with Gasteiger partial charge in [-0.25, -0.2) is 0 Å². The smallest absolute Gasteiger partial charge is 0.179 e. The van der Waals surface area contributed by atoms with Crippen LogP contribution in [0.5, 0.6) is 11.5 Å². The summed E-state index contributed by atoms with van der Waals surface area (Å²) in [5, 5.41) is 4.14. The number of nitrogens with one attached hydrogen (secondary N) is 1. The Hall–Kier alpha value is -0.680. The number of ether oxygens (including phenoxy) is 2. The first-order valence-electron chi connectivity index (χ1n) is 8.13. The number of likely N-dealkylation sites (N-methyl/N-ethyl adjacent to an activating group) is 1. The van der Waals surface area contributed by atoms with Crippen molar-refractivity contribution in [2.75, 3.05) is 33.4 Å². The number of nitrogens with zero attached hydrogens (tertiary/aromatic N) is 1. The minimum absolute atomic E-state index is 0. The molecule has 0 saturated carbocycles. The highest BCUT2D eigenvalue weighted by Crippen LogP contribution is 2.36. The number of rotatable bonds is 8. The van der Waals surface area contributed by atoms with E-state index in [9.17, 15) is 0 Å². The molecule has 1 heterocycles. The van der Waals surface area contributed by atoms with Crippen molar-refractivity contribution < 1.29 is 21.9 Å². The first kappa shape index (κ1) is 20.4. The maximum absolute atomic E-state index is 6.28. The molecule has 0 spiro atoms. The fourth-order valence-electron chi connectivity index (χ4n) is 3.11. The van der Waals surface area contributed by atoms with Crippen molar-refractivity contribution in [1.82, 2.24) is 10.2 Å². The molecule has 0 aromatic heterocycles. The van der Waals surface area contributed by atoms with E-state index in [1.807, 2.05) is 19.1 Å². The zero-order valence-corrected chi connectivity index (χ0v) is 15.7. The molecule has 0 aliphatic carbocycles. The molecule has 2 rings (SSSR count). The van der Waals surface area contributed by atoms with Crippen molar-refractivity contribution in [3.8, 4) is 11.5 Å². The zero-order valence-electron chi connectivity index (χ0n) is 14.2. The van der Waals surface area contributed by atoms with E-state index in [1.165, 1.54) is 19.4 Å². The summed E-state index contributed by atoms with van der Waals surface area (Å²) in [7, 11) is 1.61. The summed E-state index contributed by atoms with van der Waals surface area (Å²) in [6, 6.07) is 4.61. The van der Waals surface area contributed by atoms with E-state index in [1.54, 1.807) is 7.11 Å². The molecule has 4 nitrogen and oxygen atoms in total. The van der Waals surface area contributed by atoms with Crippen LogP contribution in [-0.4, -0.2) is 44.3 Å². The fraction of sp³-hybridized carbons (Fsp3) is 0.647. The molecule has 1 unspecified atom stereocenters. The van der Waals surface area contributed by atoms with Crippen molar-refractivity contribution in [2.24, 2.45) is 0 Å². The Morgan fingerprint density at radius 2 is 2.13 bits per heavy atom. The van der Waals surface area contributed by atoms with Gasteiger partial charge >= 0.3 is 0 Å². The van der Waals surface area contributed by atoms with Gasteiger partial charge in [-0.1, -0.05) is 18.5 Å². The number of hydrogen-bond donors (Lipinski definition) is 1. The normalized spacial score (nSPS) is 17.8. The lowest BCUT2D eigenvalue weighted by atomic mass is 10.1. The first-order valence-corrected chi connectivity index (χ1v) is 8.51. The number of benzene rings is 1. The van der Waals surface area contributed by atoms with Crippen molar-refractivity contribution in [1.29, 1.82) is 0 Å². The molecule has 1 aliphatic rings. The molecule has 6 heteroatoms. The summed E-state index contributed by atoms with van der Waals surface area (Å²) in [4.78, 5) is 2.54. The van der Waals surface area contributed by atoms with Crippen LogP contribution >= 0.6 is 11.6 Å². The van der Waals surface area contributed by atoms with Gasteiger partial charge in [0.05, 0.1) is 18.7 Å². The van der Waals surface area contributed by atoms with Crippen LogP contribution in [0, 0.1) is 0 Å². The van der Waals surface area contributed by atoms with Gasteiger partial charge in [-0.15, -0.1) is 0 Å². The lowest BCUT2D eigenvalue weighted by molar-refractivity contribution is -0.00000538. The Bertz CT molecular complexity index is 486. The Kier molecular flexibility index (Phi) is 9.07. The van der Waals surface area contributed by atoms with Crippen LogP contribution in [0.2, 0.25) is 5.02 Å². The molecule has 1 fully saturated rings. The summed E-state index contributed by atoms with van der Waals surface area (Å²) in [6.45, 7) is 8.95. The van der Waals surface area contributed by atoms with E-state index in [2.05, 4.69) is 17.1 Å². The number of hydrogen-bond acceptors (Lipinski definition) is 4. The Labute approximate surface area is 150 Å². The largest absolute Gasteiger partial charge is 1.00 e. The highest BCUT2D eigenvalue weighted by molar-refractivity contribution is 6.32. The summed E-state index contributed by atoms with van der Waals surface area (Å²) >= 11 is 6.28. The standard InChI is InChI=1S/C17H27ClN2O2.ClH/c1-4-20-8-6-7-14(20)12-19-11-13-9-15(18)17(21-3)16(10-13)22-5-2;/h9-10,14,19H,4-8,11-12H2,1-3H3;1H/p-1. The second kappa shape index (κ2) is 10.2. The van der Waals surface area contributed by atoms with Crippen molar-refractivity contribution in [2.45, 2.75) is 39.3 Å². The Balaban J connectivity index is 0.00000264. The molecule has 132 valence electrons. The van der Waals surface area contributed by atoms with E-state index in [0.29, 0.717) is 29.2 Å². The topological polar surface area (TPSA) is 33.7 Å². The number of halogens is 2. The lowest BCUT2D eigenvalue weighted by Crippen LogP contribution is -3.00. The second-order valence-electron chi connectivity index (χ2n) is 5.60. The van der Waals surface area contributed by atoms with E-state index in [0.717, 1.165) is 25.2 Å². The highest BCUT2D eigenvalue weighted by atomic mass is 35.5. The van der Waals surface area contributed by atoms with Crippen LogP contribution in [-0.2, 0) is 6.54 Å². The summed E-state index contributed by atoms with van der Waals surface area (Å²) in [5.41, 5.74) is 1.12. The monoisotopic (exact) mass is 361 g/mol. The molecular formula is C17H27Cl2N2O2-. The molecule has 1 aromatic rings. The molecule has 1 saturated heterocycles. The lowest BCUT2D eigenvalue weighted by Gasteiger charge is -2.23. The molecule has 23 heavy (non-hydrogen) atoms. The zero-order chi connectivity index (χ0) is 15.9. The first-order chi connectivity index (χ1) is 10.7. The van der Waals surface area contributed by atoms with E-state index in [-0.39, 0.29) is 12.4 Å². The van der Waals surface area contributed by atoms with Gasteiger partial charge in [-0.3, -0.25) is 4.90 Å². The van der Waals surface area contributed by atoms with E-state index < -0.39 is 0 Å². The molecular weight excluding hydrogens is 335 g/mol. The minimum atomic E-state index is 0. The highest BCUT2D eigenvalue weighted by Gasteiger charge is 2.22. The summed E-state index contributed by atoms with van der Waals surface area (Å²) in [6.07, 6.45) is 2.59. The molecule has 1 aliphatic heterocycles. The number of likely N-dealkylation sites (tertiary alicyclic amines) is 1. The Morgan fingerprint density at radius 3 is 2.78 bits per heavy atom. The van der Waals surface area contributed by atoms with Crippen LogP contribution in [0.4, 0.5) is 0 Å². The average Bonchev–Trinajstić information content (AvgIpc) is 2.95. The molecule has 1 atom stereocenters. The molecule has 1 N–H and O–H groups in total. The van der Waals surface area contributed by atoms with E-state index in [4.69, 9.17) is 21.1 Å². The van der Waals surface area contributed by atoms with Crippen molar-refractivity contribution in [3.63, 3.8) is 0 Å². The third-order valence-electron chi connectivity index (χ3n) is 4.19. The predicted molar refractivity (Wildman–Crippen MR) is 91.1 cm³/mol. The fourth-order valence-corrected chi connectivity index (χ4v) is 3.42. The van der Waals surface area contributed by atoms with Gasteiger partial charge < -0.3 is 27.2 Å². The summed E-state index contributed by atoms with van der Waals surface area (Å²) < 4.78 is 10.9. The summed E-state index contributed by atoms with van der Waals surface area (Å²) in [5.74, 6) is 1.32. The van der Waals surface area contributed by atoms with Gasteiger partial charge in [0.15, 0.2) is 11.5 Å². The van der Waals surface area contributed by atoms with Crippen LogP contribution in [0.15, 0.2) is 12.1 Å². The van der Waals surface area contributed by atoms with Crippen LogP contribution in [0.3, 0.4) is 0 Å². The van der Waals surface area contributed by atoms with Crippen molar-refractivity contribution in [3.05, 3.63) is 22.7 Å². The van der Waals surface area contributed by atoms with Crippen molar-refractivity contribution >= 4 is 11.6 Å². The van der Waals surface area contributed by atoms with E-state index >= 15 is 0 Å². The van der Waals surface area contributed by atoms with Crippen LogP contribution in [0.1, 0.15) is 32.3 Å². The predicted octanol–water partition coefficient (Wildman–Crippen LogP) is 0.325. The van der Waals surface area contributed by atoms with Gasteiger partial charge in [0.25, 0.3) is 0 Å². The molecule has 0 amide bonds. The van der Waals surface area contributed by atoms with Gasteiger partial charge in [-0.05, 0) is 50.6 Å². The SMILES string of the molecule is CCOc1cc(CNCC2CCCN2CC)cc(Cl)c1OC.[Cl-]. The molecule has 0 radical (unpaired) electrons. The molecule has 0 bridgehead atoms. The third kappa shape index (κ3) is 5.42. The average molecular weight is 362 g/mol. The maximum Gasteiger partial charge on any atom is 0.179 e.